The van der Waals surface area contributed by atoms with E-state index in [1.807, 2.05) is 0 Å². The Morgan fingerprint density at radius 2 is 2.15 bits per heavy atom. The van der Waals surface area contributed by atoms with Crippen molar-refractivity contribution in [3.63, 3.8) is 0 Å². The lowest BCUT2D eigenvalue weighted by molar-refractivity contribution is 0.0681. The van der Waals surface area contributed by atoms with Crippen molar-refractivity contribution >= 4 is 17.6 Å². The first-order valence-corrected chi connectivity index (χ1v) is 7.16. The molecule has 1 N–H and O–H groups in total. The van der Waals surface area contributed by atoms with Gasteiger partial charge in [-0.3, -0.25) is 0 Å². The summed E-state index contributed by atoms with van der Waals surface area (Å²) in [5.74, 6) is 0.182. The maximum Gasteiger partial charge on any atom is 0.339 e. The van der Waals surface area contributed by atoms with Gasteiger partial charge in [-0.25, -0.2) is 4.79 Å². The molecule has 20 heavy (non-hydrogen) atoms. The fraction of sp³-hybridized carbons (Fsp3) is 0.533. The van der Waals surface area contributed by atoms with E-state index in [4.69, 9.17) is 21.1 Å². The SMILES string of the molecule is COc1cc(Cl)cc(C(=O)O)c1OC1CCCC(C)C1. The number of hydrogen-bond donors (Lipinski definition) is 1. The second-order valence-electron chi connectivity index (χ2n) is 5.30. The third-order valence-corrected chi connectivity index (χ3v) is 3.86. The summed E-state index contributed by atoms with van der Waals surface area (Å²) in [6, 6.07) is 2.98. The van der Waals surface area contributed by atoms with Crippen molar-refractivity contribution in [2.45, 2.75) is 38.7 Å². The molecule has 1 saturated carbocycles. The number of hydrogen-bond acceptors (Lipinski definition) is 3. The van der Waals surface area contributed by atoms with Crippen molar-refractivity contribution in [2.75, 3.05) is 7.11 Å². The Labute approximate surface area is 123 Å². The average Bonchev–Trinajstić information content (AvgIpc) is 2.40. The fourth-order valence-electron chi connectivity index (χ4n) is 2.65. The molecule has 0 aromatic heterocycles. The Kier molecular flexibility index (Phi) is 4.76. The number of carbonyl (C=O) groups is 1. The minimum absolute atomic E-state index is 0.0342. The molecule has 2 unspecified atom stereocenters. The van der Waals surface area contributed by atoms with Gasteiger partial charge in [0, 0.05) is 11.1 Å². The van der Waals surface area contributed by atoms with Gasteiger partial charge in [-0.05, 0) is 31.2 Å². The van der Waals surface area contributed by atoms with Crippen molar-refractivity contribution < 1.29 is 19.4 Å². The zero-order chi connectivity index (χ0) is 14.7. The van der Waals surface area contributed by atoms with Crippen molar-refractivity contribution in [3.8, 4) is 11.5 Å². The van der Waals surface area contributed by atoms with Crippen LogP contribution in [-0.2, 0) is 0 Å². The Morgan fingerprint density at radius 1 is 1.40 bits per heavy atom. The quantitative estimate of drug-likeness (QED) is 0.912. The van der Waals surface area contributed by atoms with Gasteiger partial charge in [0.05, 0.1) is 13.2 Å². The van der Waals surface area contributed by atoms with Gasteiger partial charge in [-0.15, -0.1) is 0 Å². The minimum atomic E-state index is -1.07. The van der Waals surface area contributed by atoms with E-state index >= 15 is 0 Å². The summed E-state index contributed by atoms with van der Waals surface area (Å²) < 4.78 is 11.1. The van der Waals surface area contributed by atoms with E-state index < -0.39 is 5.97 Å². The van der Waals surface area contributed by atoms with E-state index in [0.717, 1.165) is 19.3 Å². The summed E-state index contributed by atoms with van der Waals surface area (Å²) in [5.41, 5.74) is 0.0487. The van der Waals surface area contributed by atoms with Crippen LogP contribution in [0.4, 0.5) is 0 Å². The third-order valence-electron chi connectivity index (χ3n) is 3.64. The van der Waals surface area contributed by atoms with E-state index in [0.29, 0.717) is 16.7 Å². The predicted molar refractivity (Wildman–Crippen MR) is 77.0 cm³/mol. The number of benzene rings is 1. The van der Waals surface area contributed by atoms with Gasteiger partial charge in [-0.1, -0.05) is 24.9 Å². The molecule has 0 aliphatic heterocycles. The summed E-state index contributed by atoms with van der Waals surface area (Å²) in [6.07, 6.45) is 4.21. The number of aromatic carboxylic acids is 1. The highest BCUT2D eigenvalue weighted by atomic mass is 35.5. The maximum atomic E-state index is 11.4. The smallest absolute Gasteiger partial charge is 0.339 e. The standard InChI is InChI=1S/C15H19ClO4/c1-9-4-3-5-11(6-9)20-14-12(15(17)18)7-10(16)8-13(14)19-2/h7-9,11H,3-6H2,1-2H3,(H,17,18). The Balaban J connectivity index is 2.31. The largest absolute Gasteiger partial charge is 0.493 e. The van der Waals surface area contributed by atoms with E-state index in [2.05, 4.69) is 6.92 Å². The van der Waals surface area contributed by atoms with Crippen LogP contribution < -0.4 is 9.47 Å². The Hall–Kier alpha value is -1.42. The number of rotatable bonds is 4. The summed E-state index contributed by atoms with van der Waals surface area (Å²) in [4.78, 5) is 11.4. The van der Waals surface area contributed by atoms with Gasteiger partial charge in [0.2, 0.25) is 0 Å². The van der Waals surface area contributed by atoms with Gasteiger partial charge in [0.15, 0.2) is 11.5 Å². The maximum absolute atomic E-state index is 11.4. The number of carboxylic acids is 1. The molecular formula is C15H19ClO4. The fourth-order valence-corrected chi connectivity index (χ4v) is 2.86. The molecule has 2 rings (SSSR count). The summed E-state index contributed by atoms with van der Waals surface area (Å²) in [6.45, 7) is 2.19. The molecule has 0 saturated heterocycles. The van der Waals surface area contributed by atoms with Gasteiger partial charge in [0.1, 0.15) is 5.56 Å². The van der Waals surface area contributed by atoms with Crippen LogP contribution in [0.3, 0.4) is 0 Å². The molecule has 2 atom stereocenters. The van der Waals surface area contributed by atoms with E-state index in [-0.39, 0.29) is 17.4 Å². The normalized spacial score (nSPS) is 22.4. The van der Waals surface area contributed by atoms with Crippen LogP contribution >= 0.6 is 11.6 Å². The number of ether oxygens (including phenoxy) is 2. The van der Waals surface area contributed by atoms with Crippen molar-refractivity contribution in [2.24, 2.45) is 5.92 Å². The number of methoxy groups -OCH3 is 1. The van der Waals surface area contributed by atoms with Crippen LogP contribution in [0.1, 0.15) is 43.0 Å². The molecule has 1 aromatic rings. The second-order valence-corrected chi connectivity index (χ2v) is 5.74. The summed E-state index contributed by atoms with van der Waals surface area (Å²) in [5, 5.41) is 9.62. The number of carboxylic acid groups (broad SMARTS) is 1. The molecule has 4 nitrogen and oxygen atoms in total. The summed E-state index contributed by atoms with van der Waals surface area (Å²) >= 11 is 5.91. The molecule has 1 fully saturated rings. The Morgan fingerprint density at radius 3 is 2.75 bits per heavy atom. The highest BCUT2D eigenvalue weighted by Crippen LogP contribution is 2.37. The van der Waals surface area contributed by atoms with Crippen molar-refractivity contribution in [1.29, 1.82) is 0 Å². The van der Waals surface area contributed by atoms with Gasteiger partial charge in [-0.2, -0.15) is 0 Å². The van der Waals surface area contributed by atoms with Crippen molar-refractivity contribution in [3.05, 3.63) is 22.7 Å². The molecule has 0 bridgehead atoms. The molecule has 0 amide bonds. The van der Waals surface area contributed by atoms with Crippen LogP contribution in [-0.4, -0.2) is 24.3 Å². The Bertz CT molecular complexity index is 501. The van der Waals surface area contributed by atoms with Crippen LogP contribution in [0.5, 0.6) is 11.5 Å². The lowest BCUT2D eigenvalue weighted by atomic mass is 9.88. The van der Waals surface area contributed by atoms with Crippen LogP contribution in [0.2, 0.25) is 5.02 Å². The van der Waals surface area contributed by atoms with Crippen LogP contribution in [0.15, 0.2) is 12.1 Å². The first-order chi connectivity index (χ1) is 9.51. The second kappa shape index (κ2) is 6.35. The molecule has 0 heterocycles. The number of halogens is 1. The molecule has 1 aromatic carbocycles. The van der Waals surface area contributed by atoms with Gasteiger partial charge in [0.25, 0.3) is 0 Å². The first-order valence-electron chi connectivity index (χ1n) is 6.78. The van der Waals surface area contributed by atoms with Gasteiger partial charge < -0.3 is 14.6 Å². The first kappa shape index (κ1) is 15.0. The topological polar surface area (TPSA) is 55.8 Å². The zero-order valence-corrected chi connectivity index (χ0v) is 12.4. The predicted octanol–water partition coefficient (Wildman–Crippen LogP) is 4.00. The minimum Gasteiger partial charge on any atom is -0.493 e. The molecule has 1 aliphatic carbocycles. The lowest BCUT2D eigenvalue weighted by Crippen LogP contribution is -2.25. The van der Waals surface area contributed by atoms with Crippen LogP contribution in [0.25, 0.3) is 0 Å². The molecule has 0 radical (unpaired) electrons. The lowest BCUT2D eigenvalue weighted by Gasteiger charge is -2.28. The molecule has 1 aliphatic rings. The average molecular weight is 299 g/mol. The van der Waals surface area contributed by atoms with E-state index in [1.54, 1.807) is 6.07 Å². The van der Waals surface area contributed by atoms with E-state index in [9.17, 15) is 9.90 Å². The third kappa shape index (κ3) is 3.37. The monoisotopic (exact) mass is 298 g/mol. The van der Waals surface area contributed by atoms with Crippen LogP contribution in [0, 0.1) is 5.92 Å². The molecule has 0 spiro atoms. The molecule has 5 heteroatoms. The zero-order valence-electron chi connectivity index (χ0n) is 11.7. The summed E-state index contributed by atoms with van der Waals surface area (Å²) in [7, 11) is 1.48. The van der Waals surface area contributed by atoms with Gasteiger partial charge >= 0.3 is 5.97 Å². The van der Waals surface area contributed by atoms with Crippen molar-refractivity contribution in [1.82, 2.24) is 0 Å². The molecular weight excluding hydrogens is 280 g/mol. The highest BCUT2D eigenvalue weighted by Gasteiger charge is 2.25. The highest BCUT2D eigenvalue weighted by molar-refractivity contribution is 6.31. The van der Waals surface area contributed by atoms with E-state index in [1.165, 1.54) is 19.6 Å². The molecule has 110 valence electrons.